The third-order valence-electron chi connectivity index (χ3n) is 5.64. The molecule has 2 aliphatic rings. The smallest absolute Gasteiger partial charge is 0.243 e. The summed E-state index contributed by atoms with van der Waals surface area (Å²) in [6.45, 7) is 11.1. The van der Waals surface area contributed by atoms with E-state index >= 15 is 0 Å². The molecule has 1 aromatic rings. The van der Waals surface area contributed by atoms with Crippen LogP contribution in [0.5, 0.6) is 0 Å². The molecule has 2 aliphatic carbocycles. The number of hydrogen-bond acceptors (Lipinski definition) is 4. The summed E-state index contributed by atoms with van der Waals surface area (Å²) >= 11 is 0. The first-order chi connectivity index (χ1) is 8.83. The highest BCUT2D eigenvalue weighted by Gasteiger charge is 2.59. The van der Waals surface area contributed by atoms with Gasteiger partial charge in [-0.25, -0.2) is 4.98 Å². The summed E-state index contributed by atoms with van der Waals surface area (Å²) in [5.74, 6) is 1.52. The van der Waals surface area contributed by atoms with Gasteiger partial charge in [0, 0.05) is 6.04 Å². The maximum atomic E-state index is 4.53. The highest BCUT2D eigenvalue weighted by molar-refractivity contribution is 5.31. The number of nitrogens with one attached hydrogen (secondary N) is 1. The van der Waals surface area contributed by atoms with E-state index in [9.17, 15) is 0 Å². The fourth-order valence-corrected chi connectivity index (χ4v) is 4.31. The molecular formula is C15H24N4. The Kier molecular flexibility index (Phi) is 2.63. The van der Waals surface area contributed by atoms with E-state index < -0.39 is 0 Å². The summed E-state index contributed by atoms with van der Waals surface area (Å²) in [6.07, 6.45) is 4.01. The second-order valence-electron chi connectivity index (χ2n) is 7.30. The lowest BCUT2D eigenvalue weighted by Crippen LogP contribution is -2.46. The molecule has 0 radical (unpaired) electrons. The van der Waals surface area contributed by atoms with Gasteiger partial charge in [-0.3, -0.25) is 0 Å². The summed E-state index contributed by atoms with van der Waals surface area (Å²) < 4.78 is 0. The Hall–Kier alpha value is -1.19. The molecule has 1 heterocycles. The Bertz CT molecular complexity index is 506. The largest absolute Gasteiger partial charge is 0.349 e. The number of fused-ring (bicyclic) bond motifs is 2. The van der Waals surface area contributed by atoms with Gasteiger partial charge in [-0.2, -0.15) is 5.10 Å². The van der Waals surface area contributed by atoms with E-state index in [1.54, 1.807) is 0 Å². The second kappa shape index (κ2) is 3.90. The fraction of sp³-hybridized carbons (Fsp3) is 0.800. The van der Waals surface area contributed by atoms with Gasteiger partial charge >= 0.3 is 0 Å². The SMILES string of the molecule is Cc1nnc(NC2C3(C)CCC(C3)C2(C)C)nc1C. The fourth-order valence-electron chi connectivity index (χ4n) is 4.31. The summed E-state index contributed by atoms with van der Waals surface area (Å²) in [7, 11) is 0. The van der Waals surface area contributed by atoms with Crippen molar-refractivity contribution in [3.63, 3.8) is 0 Å². The van der Waals surface area contributed by atoms with Crippen molar-refractivity contribution in [3.8, 4) is 0 Å². The van der Waals surface area contributed by atoms with Crippen LogP contribution in [0.25, 0.3) is 0 Å². The predicted octanol–water partition coefficient (Wildman–Crippen LogP) is 3.12. The molecule has 4 nitrogen and oxygen atoms in total. The van der Waals surface area contributed by atoms with Crippen LogP contribution in [0.1, 0.15) is 51.4 Å². The number of nitrogens with zero attached hydrogens (tertiary/aromatic N) is 3. The average molecular weight is 260 g/mol. The van der Waals surface area contributed by atoms with Crippen molar-refractivity contribution in [1.29, 1.82) is 0 Å². The number of anilines is 1. The second-order valence-corrected chi connectivity index (χ2v) is 7.30. The molecule has 0 aliphatic heterocycles. The van der Waals surface area contributed by atoms with Crippen LogP contribution in [0, 0.1) is 30.6 Å². The molecule has 0 amide bonds. The van der Waals surface area contributed by atoms with Crippen LogP contribution >= 0.6 is 0 Å². The minimum atomic E-state index is 0.315. The van der Waals surface area contributed by atoms with Gasteiger partial charge in [0.15, 0.2) is 0 Å². The molecule has 104 valence electrons. The van der Waals surface area contributed by atoms with E-state index in [4.69, 9.17) is 0 Å². The molecule has 4 heteroatoms. The maximum Gasteiger partial charge on any atom is 0.243 e. The monoisotopic (exact) mass is 260 g/mol. The number of hydrogen-bond donors (Lipinski definition) is 1. The summed E-state index contributed by atoms with van der Waals surface area (Å²) in [5, 5.41) is 12.0. The van der Waals surface area contributed by atoms with E-state index in [1.165, 1.54) is 19.3 Å². The van der Waals surface area contributed by atoms with Gasteiger partial charge in [-0.1, -0.05) is 20.8 Å². The van der Waals surface area contributed by atoms with E-state index in [0.29, 0.717) is 22.8 Å². The van der Waals surface area contributed by atoms with Crippen LogP contribution in [-0.2, 0) is 0 Å². The molecule has 3 atom stereocenters. The normalized spacial score (nSPS) is 35.6. The summed E-state index contributed by atoms with van der Waals surface area (Å²) in [5.41, 5.74) is 2.57. The van der Waals surface area contributed by atoms with Crippen molar-refractivity contribution in [2.45, 2.75) is 59.9 Å². The molecule has 0 aromatic carbocycles. The molecule has 2 saturated carbocycles. The van der Waals surface area contributed by atoms with Crippen LogP contribution in [0.4, 0.5) is 5.95 Å². The van der Waals surface area contributed by atoms with Crippen LogP contribution in [0.2, 0.25) is 0 Å². The molecule has 0 saturated heterocycles. The topological polar surface area (TPSA) is 50.7 Å². The molecule has 2 fully saturated rings. The Morgan fingerprint density at radius 2 is 1.84 bits per heavy atom. The van der Waals surface area contributed by atoms with Crippen molar-refractivity contribution in [2.75, 3.05) is 5.32 Å². The molecule has 1 N–H and O–H groups in total. The van der Waals surface area contributed by atoms with Crippen molar-refractivity contribution in [3.05, 3.63) is 11.4 Å². The Balaban J connectivity index is 1.88. The molecule has 3 unspecified atom stereocenters. The van der Waals surface area contributed by atoms with Crippen LogP contribution in [-0.4, -0.2) is 21.2 Å². The Morgan fingerprint density at radius 3 is 2.42 bits per heavy atom. The molecule has 19 heavy (non-hydrogen) atoms. The first-order valence-corrected chi connectivity index (χ1v) is 7.27. The van der Waals surface area contributed by atoms with Crippen LogP contribution in [0.3, 0.4) is 0 Å². The lowest BCUT2D eigenvalue weighted by molar-refractivity contribution is 0.154. The minimum Gasteiger partial charge on any atom is -0.349 e. The van der Waals surface area contributed by atoms with Gasteiger partial charge in [-0.05, 0) is 49.9 Å². The van der Waals surface area contributed by atoms with Crippen LogP contribution < -0.4 is 5.32 Å². The Morgan fingerprint density at radius 1 is 1.11 bits per heavy atom. The van der Waals surface area contributed by atoms with Gasteiger partial charge in [-0.15, -0.1) is 5.10 Å². The lowest BCUT2D eigenvalue weighted by atomic mass is 9.68. The third kappa shape index (κ3) is 1.84. The lowest BCUT2D eigenvalue weighted by Gasteiger charge is -2.43. The van der Waals surface area contributed by atoms with E-state index in [2.05, 4.69) is 41.3 Å². The Labute approximate surface area is 115 Å². The molecule has 1 aromatic heterocycles. The zero-order valence-corrected chi connectivity index (χ0v) is 12.6. The van der Waals surface area contributed by atoms with Gasteiger partial charge < -0.3 is 5.32 Å². The summed E-state index contributed by atoms with van der Waals surface area (Å²) in [4.78, 5) is 4.53. The average Bonchev–Trinajstić information content (AvgIpc) is 2.80. The molecule has 0 spiro atoms. The van der Waals surface area contributed by atoms with E-state index in [-0.39, 0.29) is 0 Å². The van der Waals surface area contributed by atoms with E-state index in [0.717, 1.165) is 17.3 Å². The van der Waals surface area contributed by atoms with Crippen molar-refractivity contribution < 1.29 is 0 Å². The van der Waals surface area contributed by atoms with Gasteiger partial charge in [0.25, 0.3) is 0 Å². The van der Waals surface area contributed by atoms with Gasteiger partial charge in [0.2, 0.25) is 5.95 Å². The van der Waals surface area contributed by atoms with Crippen molar-refractivity contribution in [1.82, 2.24) is 15.2 Å². The molecular weight excluding hydrogens is 236 g/mol. The number of aromatic nitrogens is 3. The van der Waals surface area contributed by atoms with E-state index in [1.807, 2.05) is 13.8 Å². The maximum absolute atomic E-state index is 4.53. The quantitative estimate of drug-likeness (QED) is 0.887. The zero-order chi connectivity index (χ0) is 13.8. The minimum absolute atomic E-state index is 0.315. The predicted molar refractivity (Wildman–Crippen MR) is 75.9 cm³/mol. The van der Waals surface area contributed by atoms with Crippen molar-refractivity contribution in [2.24, 2.45) is 16.7 Å². The highest BCUT2D eigenvalue weighted by atomic mass is 15.3. The van der Waals surface area contributed by atoms with Gasteiger partial charge in [0.1, 0.15) is 0 Å². The number of rotatable bonds is 2. The highest BCUT2D eigenvalue weighted by Crippen LogP contribution is 2.62. The number of aryl methyl sites for hydroxylation is 2. The first kappa shape index (κ1) is 12.8. The standard InChI is InChI=1S/C15H24N4/c1-9-10(2)18-19-13(16-9)17-12-14(3,4)11-6-7-15(12,5)8-11/h11-12H,6-8H2,1-5H3,(H,16,17,19). The zero-order valence-electron chi connectivity index (χ0n) is 12.6. The van der Waals surface area contributed by atoms with Gasteiger partial charge in [0.05, 0.1) is 11.4 Å². The molecule has 3 rings (SSSR count). The molecule has 2 bridgehead atoms. The third-order valence-corrected chi connectivity index (χ3v) is 5.64. The summed E-state index contributed by atoms with van der Waals surface area (Å²) in [6, 6.07) is 0.447. The van der Waals surface area contributed by atoms with Crippen molar-refractivity contribution >= 4 is 5.95 Å². The van der Waals surface area contributed by atoms with Crippen LogP contribution in [0.15, 0.2) is 0 Å². The first-order valence-electron chi connectivity index (χ1n) is 7.27.